The van der Waals surface area contributed by atoms with Gasteiger partial charge in [0.2, 0.25) is 5.28 Å². The molecule has 1 aromatic heterocycles. The molecule has 6 nitrogen and oxygen atoms in total. The average molecular weight is 351 g/mol. The van der Waals surface area contributed by atoms with Crippen LogP contribution in [-0.2, 0) is 4.74 Å². The summed E-state index contributed by atoms with van der Waals surface area (Å²) >= 11 is 6.20. The summed E-state index contributed by atoms with van der Waals surface area (Å²) in [7, 11) is 0. The molecule has 130 valence electrons. The van der Waals surface area contributed by atoms with Crippen LogP contribution in [-0.4, -0.2) is 59.8 Å². The maximum atomic E-state index is 12.3. The second-order valence-electron chi connectivity index (χ2n) is 6.26. The third-order valence-corrected chi connectivity index (χ3v) is 4.51. The van der Waals surface area contributed by atoms with Crippen LogP contribution in [0.5, 0.6) is 0 Å². The van der Waals surface area contributed by atoms with Gasteiger partial charge in [-0.05, 0) is 43.6 Å². The van der Waals surface area contributed by atoms with E-state index in [2.05, 4.69) is 29.0 Å². The number of carbonyl (C=O) groups excluding carboxylic acids is 1. The van der Waals surface area contributed by atoms with Crippen molar-refractivity contribution in [1.82, 2.24) is 19.8 Å². The molecule has 3 rings (SSSR count). The molecule has 0 saturated carbocycles. The molecule has 0 atom stereocenters. The Kier molecular flexibility index (Phi) is 5.38. The van der Waals surface area contributed by atoms with Crippen LogP contribution < -0.4 is 5.32 Å². The molecule has 2 aromatic rings. The fourth-order valence-corrected chi connectivity index (χ4v) is 3.33. The summed E-state index contributed by atoms with van der Waals surface area (Å²) in [4.78, 5) is 19.0. The van der Waals surface area contributed by atoms with Crippen LogP contribution in [0, 0.1) is 0 Å². The minimum absolute atomic E-state index is 0.0830. The third-order valence-electron chi connectivity index (χ3n) is 4.24. The quantitative estimate of drug-likeness (QED) is 0.899. The van der Waals surface area contributed by atoms with Crippen molar-refractivity contribution >= 4 is 28.5 Å². The standard InChI is InChI=1S/C17H23ClN4O2/c1-12(2)22-15-4-3-13(11-14(15)20-17(22)18)16(23)19-5-6-21-7-9-24-10-8-21/h3-4,11-12H,5-10H2,1-2H3,(H,19,23). The van der Waals surface area contributed by atoms with Gasteiger partial charge in [0.25, 0.3) is 5.91 Å². The van der Waals surface area contributed by atoms with Crippen molar-refractivity contribution in [2.45, 2.75) is 19.9 Å². The van der Waals surface area contributed by atoms with Gasteiger partial charge < -0.3 is 14.6 Å². The molecule has 1 saturated heterocycles. The van der Waals surface area contributed by atoms with Crippen LogP contribution in [0.1, 0.15) is 30.2 Å². The number of hydrogen-bond acceptors (Lipinski definition) is 4. The Bertz CT molecular complexity index is 723. The fourth-order valence-electron chi connectivity index (χ4n) is 2.96. The van der Waals surface area contributed by atoms with Crippen LogP contribution in [0.2, 0.25) is 5.28 Å². The lowest BCUT2D eigenvalue weighted by Crippen LogP contribution is -2.41. The number of nitrogens with zero attached hydrogens (tertiary/aromatic N) is 3. The first-order valence-electron chi connectivity index (χ1n) is 8.32. The number of carbonyl (C=O) groups is 1. The molecule has 1 aliphatic heterocycles. The first kappa shape index (κ1) is 17.2. The van der Waals surface area contributed by atoms with Gasteiger partial charge in [-0.15, -0.1) is 0 Å². The van der Waals surface area contributed by atoms with Gasteiger partial charge in [0.15, 0.2) is 0 Å². The van der Waals surface area contributed by atoms with Crippen molar-refractivity contribution in [1.29, 1.82) is 0 Å². The summed E-state index contributed by atoms with van der Waals surface area (Å²) in [6.07, 6.45) is 0. The number of nitrogens with one attached hydrogen (secondary N) is 1. The lowest BCUT2D eigenvalue weighted by molar-refractivity contribution is 0.0383. The second-order valence-corrected chi connectivity index (χ2v) is 6.60. The molecule has 1 N–H and O–H groups in total. The normalized spacial score (nSPS) is 16.0. The fraction of sp³-hybridized carbons (Fsp3) is 0.529. The molecule has 7 heteroatoms. The predicted octanol–water partition coefficient (Wildman–Crippen LogP) is 2.33. The van der Waals surface area contributed by atoms with E-state index in [0.29, 0.717) is 17.4 Å². The van der Waals surface area contributed by atoms with Crippen molar-refractivity contribution in [3.8, 4) is 0 Å². The number of amides is 1. The Labute approximate surface area is 146 Å². The van der Waals surface area contributed by atoms with E-state index in [4.69, 9.17) is 16.3 Å². The molecule has 1 fully saturated rings. The number of aromatic nitrogens is 2. The summed E-state index contributed by atoms with van der Waals surface area (Å²) in [5.74, 6) is -0.0830. The van der Waals surface area contributed by atoms with Gasteiger partial charge in [0.05, 0.1) is 24.2 Å². The lowest BCUT2D eigenvalue weighted by Gasteiger charge is -2.26. The molecule has 1 aromatic carbocycles. The number of morpholine rings is 1. The number of rotatable bonds is 5. The number of imidazole rings is 1. The lowest BCUT2D eigenvalue weighted by atomic mass is 10.2. The Morgan fingerprint density at radius 1 is 1.38 bits per heavy atom. The number of halogens is 1. The molecule has 24 heavy (non-hydrogen) atoms. The zero-order valence-electron chi connectivity index (χ0n) is 14.1. The largest absolute Gasteiger partial charge is 0.379 e. The first-order chi connectivity index (χ1) is 11.6. The summed E-state index contributed by atoms with van der Waals surface area (Å²) < 4.78 is 7.27. The Morgan fingerprint density at radius 3 is 2.83 bits per heavy atom. The van der Waals surface area contributed by atoms with Gasteiger partial charge in [-0.25, -0.2) is 4.98 Å². The average Bonchev–Trinajstić information content (AvgIpc) is 2.90. The minimum atomic E-state index is -0.0830. The van der Waals surface area contributed by atoms with E-state index in [1.54, 1.807) is 6.07 Å². The molecular weight excluding hydrogens is 328 g/mol. The zero-order valence-corrected chi connectivity index (χ0v) is 14.8. The van der Waals surface area contributed by atoms with E-state index in [1.807, 2.05) is 16.7 Å². The van der Waals surface area contributed by atoms with Crippen molar-refractivity contribution < 1.29 is 9.53 Å². The third kappa shape index (κ3) is 3.71. The maximum Gasteiger partial charge on any atom is 0.251 e. The second kappa shape index (κ2) is 7.51. The van der Waals surface area contributed by atoms with Gasteiger partial charge in [0, 0.05) is 37.8 Å². The number of hydrogen-bond donors (Lipinski definition) is 1. The van der Waals surface area contributed by atoms with Crippen molar-refractivity contribution in [2.75, 3.05) is 39.4 Å². The molecular formula is C17H23ClN4O2. The zero-order chi connectivity index (χ0) is 17.1. The van der Waals surface area contributed by atoms with E-state index in [-0.39, 0.29) is 11.9 Å². The highest BCUT2D eigenvalue weighted by molar-refractivity contribution is 6.29. The highest BCUT2D eigenvalue weighted by atomic mass is 35.5. The number of fused-ring (bicyclic) bond motifs is 1. The maximum absolute atomic E-state index is 12.3. The Balaban J connectivity index is 1.64. The van der Waals surface area contributed by atoms with E-state index < -0.39 is 0 Å². The summed E-state index contributed by atoms with van der Waals surface area (Å²) in [5, 5.41) is 3.42. The highest BCUT2D eigenvalue weighted by Crippen LogP contribution is 2.24. The molecule has 1 amide bonds. The van der Waals surface area contributed by atoms with Gasteiger partial charge in [-0.3, -0.25) is 9.69 Å². The molecule has 0 spiro atoms. The Hall–Kier alpha value is -1.63. The highest BCUT2D eigenvalue weighted by Gasteiger charge is 2.15. The van der Waals surface area contributed by atoms with Crippen LogP contribution >= 0.6 is 11.6 Å². The van der Waals surface area contributed by atoms with E-state index in [9.17, 15) is 4.79 Å². The van der Waals surface area contributed by atoms with Crippen LogP contribution in [0.4, 0.5) is 0 Å². The van der Waals surface area contributed by atoms with Crippen LogP contribution in [0.25, 0.3) is 11.0 Å². The summed E-state index contributed by atoms with van der Waals surface area (Å²) in [6.45, 7) is 8.95. The molecule has 0 aliphatic carbocycles. The van der Waals surface area contributed by atoms with E-state index in [1.165, 1.54) is 0 Å². The van der Waals surface area contributed by atoms with Gasteiger partial charge >= 0.3 is 0 Å². The van der Waals surface area contributed by atoms with Crippen molar-refractivity contribution in [2.24, 2.45) is 0 Å². The van der Waals surface area contributed by atoms with Crippen molar-refractivity contribution in [3.63, 3.8) is 0 Å². The van der Waals surface area contributed by atoms with Gasteiger partial charge in [-0.2, -0.15) is 0 Å². The van der Waals surface area contributed by atoms with Crippen molar-refractivity contribution in [3.05, 3.63) is 29.0 Å². The predicted molar refractivity (Wildman–Crippen MR) is 94.7 cm³/mol. The molecule has 0 radical (unpaired) electrons. The minimum Gasteiger partial charge on any atom is -0.379 e. The summed E-state index contributed by atoms with van der Waals surface area (Å²) in [5.41, 5.74) is 2.30. The van der Waals surface area contributed by atoms with Crippen LogP contribution in [0.15, 0.2) is 18.2 Å². The van der Waals surface area contributed by atoms with Gasteiger partial charge in [-0.1, -0.05) is 0 Å². The molecule has 2 heterocycles. The molecule has 0 unspecified atom stereocenters. The van der Waals surface area contributed by atoms with Gasteiger partial charge in [0.1, 0.15) is 0 Å². The van der Waals surface area contributed by atoms with E-state index >= 15 is 0 Å². The SMILES string of the molecule is CC(C)n1c(Cl)nc2cc(C(=O)NCCN3CCOCC3)ccc21. The Morgan fingerprint density at radius 2 is 2.12 bits per heavy atom. The first-order valence-corrected chi connectivity index (χ1v) is 8.70. The molecule has 1 aliphatic rings. The number of benzene rings is 1. The van der Waals surface area contributed by atoms with E-state index in [0.717, 1.165) is 43.9 Å². The molecule has 0 bridgehead atoms. The monoisotopic (exact) mass is 350 g/mol. The van der Waals surface area contributed by atoms with Crippen LogP contribution in [0.3, 0.4) is 0 Å². The summed E-state index contributed by atoms with van der Waals surface area (Å²) in [6, 6.07) is 5.74. The topological polar surface area (TPSA) is 59.4 Å². The smallest absolute Gasteiger partial charge is 0.251 e. The number of ether oxygens (including phenoxy) is 1.